The van der Waals surface area contributed by atoms with Crippen molar-refractivity contribution in [1.29, 1.82) is 0 Å². The zero-order valence-electron chi connectivity index (χ0n) is 41.0. The number of rotatable bonds is 33. The van der Waals surface area contributed by atoms with E-state index in [0.717, 1.165) is 26.5 Å². The first kappa shape index (κ1) is 59.0. The van der Waals surface area contributed by atoms with Crippen molar-refractivity contribution in [1.82, 2.24) is 45.8 Å². The molecule has 4 atom stereocenters. The van der Waals surface area contributed by atoms with Crippen molar-refractivity contribution >= 4 is 82.0 Å². The van der Waals surface area contributed by atoms with E-state index in [1.165, 1.54) is 0 Å². The van der Waals surface area contributed by atoms with Gasteiger partial charge in [0.05, 0.1) is 30.5 Å². The Hall–Kier alpha value is -7.29. The number of ether oxygens (including phenoxy) is 1. The molecule has 3 aromatic rings. The zero-order chi connectivity index (χ0) is 53.5. The summed E-state index contributed by atoms with van der Waals surface area (Å²) in [6.45, 7) is 3.64. The number of carbonyl (C=O) groups excluding carboxylic acids is 9. The van der Waals surface area contributed by atoms with Gasteiger partial charge in [0.1, 0.15) is 11.9 Å². The number of hydrogen-bond donors (Lipinski definition) is 8. The molecule has 394 valence electrons. The maximum Gasteiger partial charge on any atom is 0.293 e. The predicted octanol–water partition coefficient (Wildman–Crippen LogP) is 1.02. The monoisotopic (exact) mass is 1010 g/mol. The lowest BCUT2D eigenvalue weighted by atomic mass is 9.87. The van der Waals surface area contributed by atoms with Crippen LogP contribution < -0.4 is 32.7 Å². The number of nitrogens with one attached hydrogen (secondary N) is 2. The van der Waals surface area contributed by atoms with Gasteiger partial charge in [0.2, 0.25) is 35.5 Å². The number of fused-ring (bicyclic) bond motifs is 1. The van der Waals surface area contributed by atoms with Crippen molar-refractivity contribution in [3.05, 3.63) is 41.7 Å². The van der Waals surface area contributed by atoms with E-state index in [1.807, 2.05) is 11.9 Å². The van der Waals surface area contributed by atoms with E-state index in [4.69, 9.17) is 21.9 Å². The molecule has 2 heterocycles. The van der Waals surface area contributed by atoms with Gasteiger partial charge in [-0.2, -0.15) is 9.97 Å². The van der Waals surface area contributed by atoms with Crippen molar-refractivity contribution in [3.8, 4) is 0 Å². The lowest BCUT2D eigenvalue weighted by Gasteiger charge is -2.24. The van der Waals surface area contributed by atoms with E-state index in [2.05, 4.69) is 30.6 Å². The normalized spacial score (nSPS) is 12.7. The van der Waals surface area contributed by atoms with Gasteiger partial charge in [-0.05, 0) is 75.6 Å². The highest BCUT2D eigenvalue weighted by Crippen LogP contribution is 2.22. The highest BCUT2D eigenvalue weighted by molar-refractivity contribution is 5.97. The summed E-state index contributed by atoms with van der Waals surface area (Å²) >= 11 is 0. The molecule has 0 saturated heterocycles. The van der Waals surface area contributed by atoms with Gasteiger partial charge in [0, 0.05) is 96.8 Å². The highest BCUT2D eigenvalue weighted by atomic mass is 16.5. The van der Waals surface area contributed by atoms with Crippen LogP contribution in [0.15, 0.2) is 30.5 Å². The van der Waals surface area contributed by atoms with Crippen molar-refractivity contribution < 1.29 is 63.5 Å². The topological polar surface area (TPSA) is 390 Å². The number of benzene rings is 1. The first-order valence-electron chi connectivity index (χ1n) is 23.4. The fourth-order valence-corrected chi connectivity index (χ4v) is 7.34. The largest absolute Gasteiger partial charge is 0.464 e. The van der Waals surface area contributed by atoms with Crippen molar-refractivity contribution in [2.24, 2.45) is 11.7 Å². The number of hydroxylamine groups is 6. The summed E-state index contributed by atoms with van der Waals surface area (Å²) in [5.41, 5.74) is 19.9. The molecule has 5 amide bonds. The van der Waals surface area contributed by atoms with Crippen LogP contribution in [0, 0.1) is 5.92 Å². The Labute approximate surface area is 415 Å². The number of carbonyl (C=O) groups is 9. The molecule has 26 heteroatoms. The van der Waals surface area contributed by atoms with E-state index in [-0.39, 0.29) is 139 Å². The number of ketones is 3. The third-order valence-corrected chi connectivity index (χ3v) is 11.5. The van der Waals surface area contributed by atoms with Crippen LogP contribution in [0.3, 0.4) is 0 Å². The molecule has 3 rings (SSSR count). The maximum absolute atomic E-state index is 13.8. The molecule has 0 radical (unpaired) electrons. The zero-order valence-corrected chi connectivity index (χ0v) is 41.0. The summed E-state index contributed by atoms with van der Waals surface area (Å²) in [5, 5.41) is 36.1. The molecule has 0 aliphatic heterocycles. The number of nitrogens with two attached hydrogens (primary N) is 3. The highest BCUT2D eigenvalue weighted by Gasteiger charge is 2.29. The molecule has 0 aliphatic carbocycles. The minimum absolute atomic E-state index is 0.0140. The van der Waals surface area contributed by atoms with Gasteiger partial charge in [0.25, 0.3) is 6.47 Å². The standard InChI is InChI=1S/C46H67N13O13/c1-28(61)57(69)20-6-9-32(23-40(66)37(11-8-22-59(71)30(3)63)53-45(68)36(47)10-7-21-58(70)29(2)62)38(64)12-5-19-50-41(67)18-17-35(72-27-60)24-39(65)31-13-15-34(16-14-31)56(4)26-33-25-51-44-42(52-33)43(48)54-46(49)55-44/h13-16,25,27,32,35-37,69-71H,5-12,17-24,26,47H2,1-4H3,(H,50,67)(H,53,68)(H4,48,49,51,54,55)/t32-,35+,36+,37+/m1/s1. The molecule has 0 saturated carbocycles. The maximum atomic E-state index is 13.8. The molecular formula is C46H67N13O13. The third kappa shape index (κ3) is 20.2. The second kappa shape index (κ2) is 29.8. The van der Waals surface area contributed by atoms with Crippen LogP contribution in [0.2, 0.25) is 0 Å². The number of amides is 5. The van der Waals surface area contributed by atoms with Crippen LogP contribution in [-0.2, 0) is 49.6 Å². The minimum atomic E-state index is -1.20. The summed E-state index contributed by atoms with van der Waals surface area (Å²) in [5.74, 6) is -5.15. The molecule has 11 N–H and O–H groups in total. The van der Waals surface area contributed by atoms with Crippen molar-refractivity contribution in [2.75, 3.05) is 49.6 Å². The predicted molar refractivity (Wildman–Crippen MR) is 257 cm³/mol. The fraction of sp³-hybridized carbons (Fsp3) is 0.543. The van der Waals surface area contributed by atoms with Crippen LogP contribution in [0.4, 0.5) is 17.5 Å². The number of Topliss-reactive ketones (excluding diaryl/α,β-unsaturated/α-hetero) is 3. The van der Waals surface area contributed by atoms with Gasteiger partial charge in [-0.1, -0.05) is 0 Å². The number of nitrogen functional groups attached to an aromatic ring is 2. The first-order chi connectivity index (χ1) is 34.1. The van der Waals surface area contributed by atoms with E-state index in [9.17, 15) is 58.8 Å². The van der Waals surface area contributed by atoms with Crippen LogP contribution in [-0.4, -0.2) is 156 Å². The fourth-order valence-electron chi connectivity index (χ4n) is 7.34. The van der Waals surface area contributed by atoms with Crippen molar-refractivity contribution in [3.63, 3.8) is 0 Å². The molecule has 0 fully saturated rings. The van der Waals surface area contributed by atoms with Gasteiger partial charge >= 0.3 is 0 Å². The molecule has 1 aromatic carbocycles. The van der Waals surface area contributed by atoms with Crippen LogP contribution >= 0.6 is 0 Å². The van der Waals surface area contributed by atoms with Crippen LogP contribution in [0.1, 0.15) is 114 Å². The van der Waals surface area contributed by atoms with Crippen LogP contribution in [0.5, 0.6) is 0 Å². The van der Waals surface area contributed by atoms with E-state index < -0.39 is 59.4 Å². The molecule has 0 bridgehead atoms. The van der Waals surface area contributed by atoms with Gasteiger partial charge in [-0.3, -0.25) is 58.8 Å². The van der Waals surface area contributed by atoms with Crippen LogP contribution in [0.25, 0.3) is 11.2 Å². The van der Waals surface area contributed by atoms with Gasteiger partial charge < -0.3 is 37.5 Å². The summed E-state index contributed by atoms with van der Waals surface area (Å²) in [6.07, 6.45) is 0.442. The Morgan fingerprint density at radius 3 is 1.94 bits per heavy atom. The first-order valence-corrected chi connectivity index (χ1v) is 23.4. The average Bonchev–Trinajstić information content (AvgIpc) is 3.33. The number of nitrogens with zero attached hydrogens (tertiary/aromatic N) is 8. The quantitative estimate of drug-likeness (QED) is 0.0139. The Balaban J connectivity index is 1.56. The lowest BCUT2D eigenvalue weighted by Crippen LogP contribution is -2.49. The molecule has 26 nitrogen and oxygen atoms in total. The number of anilines is 3. The third-order valence-electron chi connectivity index (χ3n) is 11.5. The number of hydrogen-bond acceptors (Lipinski definition) is 21. The second-order valence-electron chi connectivity index (χ2n) is 17.2. The van der Waals surface area contributed by atoms with E-state index >= 15 is 0 Å². The Morgan fingerprint density at radius 1 is 0.750 bits per heavy atom. The Morgan fingerprint density at radius 2 is 1.35 bits per heavy atom. The van der Waals surface area contributed by atoms with Gasteiger partial charge in [-0.15, -0.1) is 0 Å². The smallest absolute Gasteiger partial charge is 0.293 e. The minimum Gasteiger partial charge on any atom is -0.464 e. The second-order valence-corrected chi connectivity index (χ2v) is 17.2. The molecule has 0 aliphatic rings. The summed E-state index contributed by atoms with van der Waals surface area (Å²) in [6, 6.07) is 4.38. The summed E-state index contributed by atoms with van der Waals surface area (Å²) in [7, 11) is 1.82. The lowest BCUT2D eigenvalue weighted by molar-refractivity contribution is -0.163. The number of aromatic nitrogens is 4. The van der Waals surface area contributed by atoms with Gasteiger partial charge in [-0.25, -0.2) is 25.2 Å². The SMILES string of the molecule is CC(=O)N(O)CCC[C@H](CC(=O)[C@H](CCCN(O)C(C)=O)NC(=O)[C@@H](N)CCCN(O)C(C)=O)C(=O)CCCNC(=O)CC[C@@H](CC(=O)c1ccc(N(C)Cc2cnc3nc(N)nc(N)c3n2)cc1)OC=O. The Kier molecular flexibility index (Phi) is 24.4. The van der Waals surface area contributed by atoms with Gasteiger partial charge in [0.15, 0.2) is 28.5 Å². The molecule has 72 heavy (non-hydrogen) atoms. The summed E-state index contributed by atoms with van der Waals surface area (Å²) < 4.78 is 5.14. The molecule has 2 aromatic heterocycles. The molecule has 0 unspecified atom stereocenters. The van der Waals surface area contributed by atoms with Crippen molar-refractivity contribution in [2.45, 2.75) is 123 Å². The van der Waals surface area contributed by atoms with E-state index in [0.29, 0.717) is 38.5 Å². The molecular weight excluding hydrogens is 943 g/mol. The molecule has 0 spiro atoms. The summed E-state index contributed by atoms with van der Waals surface area (Å²) in [4.78, 5) is 131. The average molecular weight is 1010 g/mol. The van der Waals surface area contributed by atoms with E-state index in [1.54, 1.807) is 30.5 Å². The Bertz CT molecular complexity index is 2360.